The van der Waals surface area contributed by atoms with E-state index >= 15 is 0 Å². The minimum atomic E-state index is -0.0513. The Morgan fingerprint density at radius 1 is 1.00 bits per heavy atom. The highest BCUT2D eigenvalue weighted by Gasteiger charge is 2.25. The van der Waals surface area contributed by atoms with Crippen molar-refractivity contribution in [3.8, 4) is 22.5 Å². The van der Waals surface area contributed by atoms with Gasteiger partial charge in [-0.2, -0.15) is 0 Å². The number of hydrogen-bond donors (Lipinski definition) is 1. The summed E-state index contributed by atoms with van der Waals surface area (Å²) in [5, 5.41) is 4.83. The predicted molar refractivity (Wildman–Crippen MR) is 170 cm³/mol. The molecule has 204 valence electrons. The lowest BCUT2D eigenvalue weighted by atomic mass is 9.93. The van der Waals surface area contributed by atoms with Crippen LogP contribution in [0.4, 0.5) is 17.1 Å². The fourth-order valence-corrected chi connectivity index (χ4v) is 6.92. The maximum absolute atomic E-state index is 12.4. The lowest BCUT2D eigenvalue weighted by Gasteiger charge is -2.34. The largest absolute Gasteiger partial charge is 0.456 e. The molecule has 1 unspecified atom stereocenters. The van der Waals surface area contributed by atoms with Gasteiger partial charge in [-0.25, -0.2) is 0 Å². The van der Waals surface area contributed by atoms with Crippen molar-refractivity contribution >= 4 is 39.8 Å². The smallest absolute Gasteiger partial charge is 0.182 e. The molecule has 3 aromatic rings. The van der Waals surface area contributed by atoms with Crippen LogP contribution in [0, 0.1) is 0 Å². The molecule has 0 amide bonds. The Bertz CT molecular complexity index is 1670. The molecule has 6 heteroatoms. The van der Waals surface area contributed by atoms with Gasteiger partial charge in [-0.15, -0.1) is 11.8 Å². The molecule has 0 saturated carbocycles. The van der Waals surface area contributed by atoms with Gasteiger partial charge < -0.3 is 19.5 Å². The van der Waals surface area contributed by atoms with Gasteiger partial charge in [0, 0.05) is 76.3 Å². The van der Waals surface area contributed by atoms with Gasteiger partial charge in [0.15, 0.2) is 5.43 Å². The number of nitrogens with one attached hydrogen (secondary N) is 1. The molecular formula is C34H35N3O2S. The molecule has 0 radical (unpaired) electrons. The first kappa shape index (κ1) is 26.5. The number of hydrogen-bond acceptors (Lipinski definition) is 6. The van der Waals surface area contributed by atoms with E-state index in [9.17, 15) is 4.79 Å². The maximum Gasteiger partial charge on any atom is 0.182 e. The van der Waals surface area contributed by atoms with Crippen LogP contribution in [0.1, 0.15) is 20.3 Å². The maximum atomic E-state index is 12.4. The highest BCUT2D eigenvalue weighted by atomic mass is 32.2. The van der Waals surface area contributed by atoms with Crippen LogP contribution >= 0.6 is 11.8 Å². The van der Waals surface area contributed by atoms with Crippen molar-refractivity contribution in [1.82, 2.24) is 5.32 Å². The number of para-hydroxylation sites is 1. The molecule has 1 N–H and O–H groups in total. The van der Waals surface area contributed by atoms with Crippen LogP contribution in [0.2, 0.25) is 0 Å². The van der Waals surface area contributed by atoms with Crippen LogP contribution in [0.3, 0.4) is 0 Å². The normalized spacial score (nSPS) is 15.0. The second-order valence-corrected chi connectivity index (χ2v) is 11.9. The summed E-state index contributed by atoms with van der Waals surface area (Å²) in [7, 11) is 2.00. The van der Waals surface area contributed by atoms with Crippen molar-refractivity contribution in [2.75, 3.05) is 43.0 Å². The summed E-state index contributed by atoms with van der Waals surface area (Å²) in [5.41, 5.74) is 7.43. The lowest BCUT2D eigenvalue weighted by molar-refractivity contribution is 0.619. The van der Waals surface area contributed by atoms with Crippen molar-refractivity contribution in [2.24, 2.45) is 0 Å². The van der Waals surface area contributed by atoms with Crippen LogP contribution in [0.25, 0.3) is 33.4 Å². The average molecular weight is 550 g/mol. The highest BCUT2D eigenvalue weighted by molar-refractivity contribution is 8.00. The number of anilines is 3. The Labute approximate surface area is 240 Å². The summed E-state index contributed by atoms with van der Waals surface area (Å²) in [6.07, 6.45) is 1.02. The fraction of sp³-hybridized carbons (Fsp3) is 0.265. The number of rotatable bonds is 8. The molecular weight excluding hydrogens is 514 g/mol. The van der Waals surface area contributed by atoms with E-state index in [-0.39, 0.29) is 5.43 Å². The molecule has 3 aliphatic rings. The molecule has 0 fully saturated rings. The molecule has 0 aromatic heterocycles. The van der Waals surface area contributed by atoms with E-state index in [1.807, 2.05) is 30.9 Å². The first-order chi connectivity index (χ1) is 19.6. The van der Waals surface area contributed by atoms with Crippen LogP contribution in [0.5, 0.6) is 0 Å². The Morgan fingerprint density at radius 3 is 2.65 bits per heavy atom. The van der Waals surface area contributed by atoms with E-state index in [1.54, 1.807) is 12.1 Å². The van der Waals surface area contributed by atoms with Crippen LogP contribution in [0.15, 0.2) is 99.0 Å². The molecule has 2 aliphatic heterocycles. The molecule has 40 heavy (non-hydrogen) atoms. The molecule has 1 aliphatic carbocycles. The van der Waals surface area contributed by atoms with Gasteiger partial charge in [0.2, 0.25) is 0 Å². The SMILES string of the molecule is CCCN(c1ccccc1)c1ccc2c(-c3ccc4c(c3)SC(C)CN4CCNC)c3ccc(=O)cc-3oc2c1. The van der Waals surface area contributed by atoms with Crippen LogP contribution in [-0.2, 0) is 0 Å². The van der Waals surface area contributed by atoms with E-state index in [2.05, 4.69) is 89.6 Å². The van der Waals surface area contributed by atoms with Gasteiger partial charge >= 0.3 is 0 Å². The number of likely N-dealkylation sites (N-methyl/N-ethyl adjacent to an activating group) is 1. The fourth-order valence-electron chi connectivity index (χ4n) is 5.72. The number of nitrogens with zero attached hydrogens (tertiary/aromatic N) is 2. The Kier molecular flexibility index (Phi) is 7.55. The van der Waals surface area contributed by atoms with Gasteiger partial charge in [-0.1, -0.05) is 38.1 Å². The van der Waals surface area contributed by atoms with Crippen LogP contribution in [-0.4, -0.2) is 38.5 Å². The Hall–Kier alpha value is -3.74. The van der Waals surface area contributed by atoms with E-state index in [0.29, 0.717) is 11.0 Å². The molecule has 1 atom stereocenters. The van der Waals surface area contributed by atoms with E-state index in [1.165, 1.54) is 10.6 Å². The van der Waals surface area contributed by atoms with Crippen molar-refractivity contribution in [2.45, 2.75) is 30.4 Å². The van der Waals surface area contributed by atoms with Crippen molar-refractivity contribution in [3.63, 3.8) is 0 Å². The third-order valence-corrected chi connectivity index (χ3v) is 8.66. The molecule has 0 saturated heterocycles. The van der Waals surface area contributed by atoms with Gasteiger partial charge in [0.05, 0.1) is 5.69 Å². The summed E-state index contributed by atoms with van der Waals surface area (Å²) in [6, 6.07) is 28.9. The van der Waals surface area contributed by atoms with Crippen molar-refractivity contribution < 1.29 is 4.42 Å². The van der Waals surface area contributed by atoms with Gasteiger partial charge in [0.25, 0.3) is 0 Å². The Morgan fingerprint density at radius 2 is 1.85 bits per heavy atom. The first-order valence-electron chi connectivity index (χ1n) is 14.1. The first-order valence-corrected chi connectivity index (χ1v) is 15.0. The summed E-state index contributed by atoms with van der Waals surface area (Å²) in [4.78, 5) is 18.5. The zero-order chi connectivity index (χ0) is 27.6. The van der Waals surface area contributed by atoms with E-state index in [4.69, 9.17) is 4.42 Å². The highest BCUT2D eigenvalue weighted by Crippen LogP contribution is 2.45. The molecule has 2 heterocycles. The molecule has 5 nitrogen and oxygen atoms in total. The minimum Gasteiger partial charge on any atom is -0.456 e. The van der Waals surface area contributed by atoms with E-state index < -0.39 is 0 Å². The standard InChI is InChI=1S/C34H35N3O2S/c1-4-17-37(25-8-6-5-7-9-25)26-11-13-28-31(20-26)39-32-21-27(38)12-14-29(32)34(28)24-10-15-30-33(19-24)40-23(2)22-36(30)18-16-35-3/h5-15,19-21,23,35H,4,16-18,22H2,1-3H3. The zero-order valence-electron chi connectivity index (χ0n) is 23.3. The number of benzene rings is 4. The van der Waals surface area contributed by atoms with Gasteiger partial charge in [0.1, 0.15) is 11.3 Å². The predicted octanol–water partition coefficient (Wildman–Crippen LogP) is 7.63. The van der Waals surface area contributed by atoms with Gasteiger partial charge in [-0.05, 0) is 67.6 Å². The van der Waals surface area contributed by atoms with E-state index in [0.717, 1.165) is 71.6 Å². The Balaban J connectivity index is 1.52. The monoisotopic (exact) mass is 549 g/mol. The molecule has 6 rings (SSSR count). The lowest BCUT2D eigenvalue weighted by Crippen LogP contribution is -2.37. The minimum absolute atomic E-state index is 0.0513. The summed E-state index contributed by atoms with van der Waals surface area (Å²) < 4.78 is 6.44. The number of thioether (sulfide) groups is 1. The topological polar surface area (TPSA) is 48.7 Å². The molecule has 0 bridgehead atoms. The summed E-state index contributed by atoms with van der Waals surface area (Å²) in [5.74, 6) is 0.614. The quantitative estimate of drug-likeness (QED) is 0.201. The second kappa shape index (κ2) is 11.4. The summed E-state index contributed by atoms with van der Waals surface area (Å²) >= 11 is 1.94. The third kappa shape index (κ3) is 5.09. The number of fused-ring (bicyclic) bond motifs is 3. The average Bonchev–Trinajstić information content (AvgIpc) is 2.97. The molecule has 0 spiro atoms. The second-order valence-electron chi connectivity index (χ2n) is 10.5. The van der Waals surface area contributed by atoms with Crippen molar-refractivity contribution in [1.29, 1.82) is 0 Å². The van der Waals surface area contributed by atoms with Crippen molar-refractivity contribution in [3.05, 3.63) is 95.2 Å². The molecule has 3 aromatic carbocycles. The third-order valence-electron chi connectivity index (χ3n) is 7.53. The summed E-state index contributed by atoms with van der Waals surface area (Å²) in [6.45, 7) is 8.35. The van der Waals surface area contributed by atoms with Crippen LogP contribution < -0.4 is 20.5 Å². The van der Waals surface area contributed by atoms with Gasteiger partial charge in [-0.3, -0.25) is 4.79 Å². The zero-order valence-corrected chi connectivity index (χ0v) is 24.1.